The minimum atomic E-state index is 0.0869. The molecule has 76 valence electrons. The lowest BCUT2D eigenvalue weighted by atomic mass is 10.2. The summed E-state index contributed by atoms with van der Waals surface area (Å²) in [4.78, 5) is 11.4. The van der Waals surface area contributed by atoms with Crippen molar-refractivity contribution in [1.82, 2.24) is 0 Å². The predicted octanol–water partition coefficient (Wildman–Crippen LogP) is 2.38. The second-order valence-corrected chi connectivity index (χ2v) is 3.92. The summed E-state index contributed by atoms with van der Waals surface area (Å²) in [6.45, 7) is 2.23. The van der Waals surface area contributed by atoms with Crippen LogP contribution in [0.2, 0.25) is 0 Å². The first-order chi connectivity index (χ1) is 6.58. The Bertz CT molecular complexity index is 312. The molecule has 0 spiro atoms. The molecule has 0 fully saturated rings. The van der Waals surface area contributed by atoms with Crippen LogP contribution in [-0.4, -0.2) is 23.4 Å². The van der Waals surface area contributed by atoms with Gasteiger partial charge in [-0.3, -0.25) is 0 Å². The van der Waals surface area contributed by atoms with Crippen molar-refractivity contribution in [1.29, 1.82) is 0 Å². The third-order valence-corrected chi connectivity index (χ3v) is 2.93. The number of hydrogen-bond donors (Lipinski definition) is 0. The summed E-state index contributed by atoms with van der Waals surface area (Å²) < 4.78 is 0.242. The Morgan fingerprint density at radius 2 is 1.93 bits per heavy atom. The average molecular weight is 213 g/mol. The first-order valence-electron chi connectivity index (χ1n) is 4.54. The van der Waals surface area contributed by atoms with E-state index in [2.05, 4.69) is 0 Å². The van der Waals surface area contributed by atoms with Crippen LogP contribution < -0.4 is 0 Å². The molecule has 2 nitrogen and oxygen atoms in total. The molecule has 14 heavy (non-hydrogen) atoms. The fraction of sp³-hybridized carbons (Fsp3) is 0.364. The van der Waals surface area contributed by atoms with Crippen LogP contribution in [0.1, 0.15) is 12.5 Å². The van der Waals surface area contributed by atoms with Gasteiger partial charge in [0.05, 0.1) is 14.0 Å². The molecule has 0 aliphatic heterocycles. The first kappa shape index (κ1) is 11.2. The molecule has 1 unspecified atom stereocenters. The molecule has 0 aromatic heterocycles. The van der Waals surface area contributed by atoms with Gasteiger partial charge in [0, 0.05) is 5.56 Å². The number of amides is 1. The van der Waals surface area contributed by atoms with Gasteiger partial charge < -0.3 is 0 Å². The highest BCUT2D eigenvalue weighted by Crippen LogP contribution is 2.13. The molecular formula is C11H15ClNO+. The Morgan fingerprint density at radius 3 is 2.36 bits per heavy atom. The van der Waals surface area contributed by atoms with Gasteiger partial charge in [-0.1, -0.05) is 41.9 Å². The number of rotatable bonds is 3. The minimum absolute atomic E-state index is 0.0869. The van der Waals surface area contributed by atoms with Gasteiger partial charge in [0.2, 0.25) is 0 Å². The van der Waals surface area contributed by atoms with E-state index in [1.165, 1.54) is 0 Å². The van der Waals surface area contributed by atoms with E-state index < -0.39 is 0 Å². The van der Waals surface area contributed by atoms with Crippen molar-refractivity contribution in [3.8, 4) is 0 Å². The standard InChI is InChI=1S/C11H15ClNO/c1-10(14)13(2,9-12)8-11-6-4-3-5-7-11/h3-7H,8-9H2,1-2H3/q+1. The third kappa shape index (κ3) is 2.56. The molecule has 1 amide bonds. The van der Waals surface area contributed by atoms with Crippen molar-refractivity contribution in [2.75, 3.05) is 13.1 Å². The Morgan fingerprint density at radius 1 is 1.36 bits per heavy atom. The maximum atomic E-state index is 11.4. The van der Waals surface area contributed by atoms with Crippen LogP contribution in [0, 0.1) is 0 Å². The second kappa shape index (κ2) is 4.58. The fourth-order valence-corrected chi connectivity index (χ4v) is 1.48. The van der Waals surface area contributed by atoms with Crippen LogP contribution in [0.3, 0.4) is 0 Å². The molecular weight excluding hydrogens is 198 g/mol. The van der Waals surface area contributed by atoms with Gasteiger partial charge in [-0.15, -0.1) is 0 Å². The lowest BCUT2D eigenvalue weighted by Crippen LogP contribution is -2.46. The molecule has 0 aliphatic rings. The Balaban J connectivity index is 2.81. The molecule has 0 N–H and O–H groups in total. The summed E-state index contributed by atoms with van der Waals surface area (Å²) >= 11 is 5.81. The number of nitrogens with zero attached hydrogens (tertiary/aromatic N) is 1. The van der Waals surface area contributed by atoms with Gasteiger partial charge in [0.15, 0.2) is 6.00 Å². The lowest BCUT2D eigenvalue weighted by Gasteiger charge is -2.27. The number of alkyl halides is 1. The number of hydrogen-bond acceptors (Lipinski definition) is 1. The summed E-state index contributed by atoms with van der Waals surface area (Å²) in [5.74, 6) is 0.0869. The summed E-state index contributed by atoms with van der Waals surface area (Å²) in [6, 6.07) is 10.2. The Labute approximate surface area is 89.7 Å². The molecule has 1 rings (SSSR count). The van der Waals surface area contributed by atoms with Crippen LogP contribution in [0.15, 0.2) is 30.3 Å². The molecule has 3 heteroatoms. The van der Waals surface area contributed by atoms with E-state index in [0.717, 1.165) is 5.56 Å². The molecule has 0 saturated heterocycles. The first-order valence-corrected chi connectivity index (χ1v) is 5.07. The molecule has 1 aromatic rings. The van der Waals surface area contributed by atoms with Gasteiger partial charge in [0.1, 0.15) is 6.54 Å². The van der Waals surface area contributed by atoms with Gasteiger partial charge >= 0.3 is 5.91 Å². The fourth-order valence-electron chi connectivity index (χ4n) is 1.22. The Kier molecular flexibility index (Phi) is 3.67. The zero-order valence-corrected chi connectivity index (χ0v) is 9.29. The van der Waals surface area contributed by atoms with Gasteiger partial charge in [0.25, 0.3) is 0 Å². The predicted molar refractivity (Wildman–Crippen MR) is 57.7 cm³/mol. The lowest BCUT2D eigenvalue weighted by molar-refractivity contribution is -0.836. The average Bonchev–Trinajstić information content (AvgIpc) is 2.19. The van der Waals surface area contributed by atoms with Crippen molar-refractivity contribution < 1.29 is 9.28 Å². The van der Waals surface area contributed by atoms with Gasteiger partial charge in [-0.25, -0.2) is 9.28 Å². The third-order valence-electron chi connectivity index (χ3n) is 2.40. The molecule has 0 aliphatic carbocycles. The highest BCUT2D eigenvalue weighted by Gasteiger charge is 2.26. The van der Waals surface area contributed by atoms with E-state index in [1.54, 1.807) is 6.92 Å². The molecule has 1 atom stereocenters. The van der Waals surface area contributed by atoms with E-state index in [4.69, 9.17) is 11.6 Å². The molecule has 0 saturated carbocycles. The van der Waals surface area contributed by atoms with E-state index in [9.17, 15) is 4.79 Å². The highest BCUT2D eigenvalue weighted by molar-refractivity contribution is 6.17. The Hall–Kier alpha value is -0.860. The van der Waals surface area contributed by atoms with Crippen LogP contribution in [-0.2, 0) is 11.3 Å². The zero-order valence-electron chi connectivity index (χ0n) is 8.53. The maximum absolute atomic E-state index is 11.4. The van der Waals surface area contributed by atoms with Gasteiger partial charge in [-0.2, -0.15) is 0 Å². The minimum Gasteiger partial charge on any atom is -0.247 e. The van der Waals surface area contributed by atoms with Crippen LogP contribution in [0.4, 0.5) is 0 Å². The molecule has 0 radical (unpaired) electrons. The topological polar surface area (TPSA) is 17.1 Å². The van der Waals surface area contributed by atoms with E-state index >= 15 is 0 Å². The number of carbonyl (C=O) groups excluding carboxylic acids is 1. The van der Waals surface area contributed by atoms with E-state index in [-0.39, 0.29) is 10.4 Å². The van der Waals surface area contributed by atoms with Crippen LogP contribution in [0.25, 0.3) is 0 Å². The van der Waals surface area contributed by atoms with Crippen molar-refractivity contribution in [2.24, 2.45) is 0 Å². The van der Waals surface area contributed by atoms with Crippen LogP contribution >= 0.6 is 11.6 Å². The van der Waals surface area contributed by atoms with Gasteiger partial charge in [-0.05, 0) is 0 Å². The van der Waals surface area contributed by atoms with Crippen LogP contribution in [0.5, 0.6) is 0 Å². The normalized spacial score (nSPS) is 14.8. The van der Waals surface area contributed by atoms with Crippen molar-refractivity contribution in [3.63, 3.8) is 0 Å². The zero-order chi connectivity index (χ0) is 10.6. The summed E-state index contributed by atoms with van der Waals surface area (Å²) in [5, 5.41) is 0. The quantitative estimate of drug-likeness (QED) is 0.427. The molecule has 0 bridgehead atoms. The summed E-state index contributed by atoms with van der Waals surface area (Å²) in [7, 11) is 1.85. The number of halogens is 1. The number of quaternary nitrogens is 1. The van der Waals surface area contributed by atoms with Crippen molar-refractivity contribution >= 4 is 17.5 Å². The highest BCUT2D eigenvalue weighted by atomic mass is 35.5. The molecule has 1 aromatic carbocycles. The smallest absolute Gasteiger partial charge is 0.247 e. The van der Waals surface area contributed by atoms with E-state index in [1.807, 2.05) is 37.4 Å². The molecule has 0 heterocycles. The van der Waals surface area contributed by atoms with E-state index in [0.29, 0.717) is 12.5 Å². The van der Waals surface area contributed by atoms with Crippen molar-refractivity contribution in [2.45, 2.75) is 13.5 Å². The largest absolute Gasteiger partial charge is 0.311 e. The number of benzene rings is 1. The second-order valence-electron chi connectivity index (χ2n) is 3.68. The number of carbonyl (C=O) groups is 1. The summed E-state index contributed by atoms with van der Waals surface area (Å²) in [5.41, 5.74) is 1.13. The monoisotopic (exact) mass is 212 g/mol. The SMILES string of the molecule is CC(=O)[N+](C)(CCl)Cc1ccccc1. The summed E-state index contributed by atoms with van der Waals surface area (Å²) in [6.07, 6.45) is 0. The maximum Gasteiger partial charge on any atom is 0.311 e. The van der Waals surface area contributed by atoms with Crippen molar-refractivity contribution in [3.05, 3.63) is 35.9 Å².